The molecule has 2 aliphatic carbocycles. The summed E-state index contributed by atoms with van der Waals surface area (Å²) in [6.07, 6.45) is 4.61. The largest absolute Gasteiger partial charge is 0.392 e. The second kappa shape index (κ2) is 8.61. The third-order valence-electron chi connectivity index (χ3n) is 8.84. The second-order valence-electron chi connectivity index (χ2n) is 10.6. The molecule has 1 aromatic carbocycles. The average Bonchev–Trinajstić information content (AvgIpc) is 3.04. The summed E-state index contributed by atoms with van der Waals surface area (Å²) >= 11 is 6.19. The highest BCUT2D eigenvalue weighted by Gasteiger charge is 2.61. The van der Waals surface area contributed by atoms with Gasteiger partial charge in [-0.2, -0.15) is 0 Å². The molecule has 3 fully saturated rings. The number of nitrogens with zero attached hydrogens (tertiary/aromatic N) is 2. The zero-order valence-electron chi connectivity index (χ0n) is 19.2. The van der Waals surface area contributed by atoms with Gasteiger partial charge in [0.25, 0.3) is 0 Å². The van der Waals surface area contributed by atoms with Crippen LogP contribution in [0.3, 0.4) is 0 Å². The predicted molar refractivity (Wildman–Crippen MR) is 124 cm³/mol. The number of hydrogen-bond donors (Lipinski definition) is 1. The minimum atomic E-state index is -0.316. The number of ether oxygens (including phenoxy) is 1. The molecule has 4 rings (SSSR count). The van der Waals surface area contributed by atoms with Gasteiger partial charge in [0, 0.05) is 50.0 Å². The summed E-state index contributed by atoms with van der Waals surface area (Å²) < 4.78 is 6.34. The summed E-state index contributed by atoms with van der Waals surface area (Å²) in [5.74, 6) is 0.803. The minimum absolute atomic E-state index is 0.303. The number of aryl methyl sites for hydroxylation is 1. The maximum Gasteiger partial charge on any atom is 0.0689 e. The number of β-amino-alcohol motifs (C(OH)–C–C–N with tert-alkyl or cyclic N) is 1. The smallest absolute Gasteiger partial charge is 0.0689 e. The van der Waals surface area contributed by atoms with Gasteiger partial charge in [0.15, 0.2) is 0 Å². The van der Waals surface area contributed by atoms with E-state index in [4.69, 9.17) is 16.3 Å². The first kappa shape index (κ1) is 22.4. The van der Waals surface area contributed by atoms with E-state index < -0.39 is 0 Å². The van der Waals surface area contributed by atoms with Crippen LogP contribution in [0.4, 0.5) is 5.69 Å². The molecular weight excluding hydrogens is 396 g/mol. The molecule has 1 aliphatic heterocycles. The van der Waals surface area contributed by atoms with Crippen LogP contribution in [0.25, 0.3) is 0 Å². The van der Waals surface area contributed by atoms with Crippen molar-refractivity contribution in [3.8, 4) is 0 Å². The molecule has 0 aromatic heterocycles. The Bertz CT molecular complexity index is 747. The van der Waals surface area contributed by atoms with Gasteiger partial charge in [0.1, 0.15) is 0 Å². The van der Waals surface area contributed by atoms with Gasteiger partial charge < -0.3 is 14.7 Å². The predicted octanol–water partition coefficient (Wildman–Crippen LogP) is 4.75. The Morgan fingerprint density at radius 2 is 1.93 bits per heavy atom. The number of aliphatic hydroxyl groups excluding tert-OH is 1. The normalized spacial score (nSPS) is 32.0. The summed E-state index contributed by atoms with van der Waals surface area (Å²) in [6, 6.07) is 6.11. The molecule has 1 heterocycles. The van der Waals surface area contributed by atoms with Crippen molar-refractivity contribution in [1.29, 1.82) is 0 Å². The first-order valence-corrected chi connectivity index (χ1v) is 12.1. The van der Waals surface area contributed by atoms with Gasteiger partial charge in [0.2, 0.25) is 0 Å². The number of aliphatic hydroxyl groups is 1. The highest BCUT2D eigenvalue weighted by molar-refractivity contribution is 6.30. The van der Waals surface area contributed by atoms with Gasteiger partial charge in [-0.05, 0) is 67.1 Å². The summed E-state index contributed by atoms with van der Waals surface area (Å²) in [7, 11) is 0. The quantitative estimate of drug-likeness (QED) is 0.671. The summed E-state index contributed by atoms with van der Waals surface area (Å²) in [5, 5.41) is 11.4. The molecular formula is C25H39ClN2O2. The van der Waals surface area contributed by atoms with E-state index >= 15 is 0 Å². The number of hydrogen-bond acceptors (Lipinski definition) is 4. The minimum Gasteiger partial charge on any atom is -0.392 e. The van der Waals surface area contributed by atoms with Crippen LogP contribution in [-0.2, 0) is 4.74 Å². The molecule has 5 heteroatoms. The van der Waals surface area contributed by atoms with Crippen molar-refractivity contribution in [2.24, 2.45) is 16.7 Å². The van der Waals surface area contributed by atoms with Gasteiger partial charge in [-0.1, -0.05) is 38.4 Å². The fourth-order valence-corrected chi connectivity index (χ4v) is 6.38. The van der Waals surface area contributed by atoms with E-state index in [-0.39, 0.29) is 6.10 Å². The number of piperazine rings is 1. The van der Waals surface area contributed by atoms with Crippen LogP contribution in [0.1, 0.15) is 52.0 Å². The van der Waals surface area contributed by atoms with E-state index in [1.54, 1.807) is 0 Å². The van der Waals surface area contributed by atoms with Gasteiger partial charge >= 0.3 is 0 Å². The zero-order chi connectivity index (χ0) is 21.5. The SMILES string of the molecule is Cc1ccc(Cl)cc1N1CCN(C[C@@H](O)CCO[C@H]2C[C@@H]3CC[C@]2(C)C3(C)C)CC1. The van der Waals surface area contributed by atoms with Crippen molar-refractivity contribution in [3.63, 3.8) is 0 Å². The molecule has 2 saturated carbocycles. The maximum atomic E-state index is 10.6. The highest BCUT2D eigenvalue weighted by atomic mass is 35.5. The summed E-state index contributed by atoms with van der Waals surface area (Å²) in [5.41, 5.74) is 3.19. The van der Waals surface area contributed by atoms with Gasteiger partial charge in [0.05, 0.1) is 12.2 Å². The fraction of sp³-hybridized carbons (Fsp3) is 0.760. The van der Waals surface area contributed by atoms with Crippen LogP contribution in [0, 0.1) is 23.7 Å². The molecule has 4 nitrogen and oxygen atoms in total. The van der Waals surface area contributed by atoms with Gasteiger partial charge in [-0.25, -0.2) is 0 Å². The molecule has 3 aliphatic rings. The molecule has 2 bridgehead atoms. The Kier molecular flexibility index (Phi) is 6.43. The third-order valence-corrected chi connectivity index (χ3v) is 9.07. The van der Waals surface area contributed by atoms with Crippen LogP contribution in [0.15, 0.2) is 18.2 Å². The molecule has 1 saturated heterocycles. The van der Waals surface area contributed by atoms with Crippen molar-refractivity contribution < 1.29 is 9.84 Å². The first-order valence-electron chi connectivity index (χ1n) is 11.7. The van der Waals surface area contributed by atoms with E-state index in [9.17, 15) is 5.11 Å². The maximum absolute atomic E-state index is 10.6. The first-order chi connectivity index (χ1) is 14.2. The number of fused-ring (bicyclic) bond motifs is 2. The summed E-state index contributed by atoms with van der Waals surface area (Å²) in [6.45, 7) is 14.7. The van der Waals surface area contributed by atoms with Crippen molar-refractivity contribution in [1.82, 2.24) is 4.90 Å². The Hall–Kier alpha value is -0.810. The monoisotopic (exact) mass is 434 g/mol. The van der Waals surface area contributed by atoms with E-state index in [2.05, 4.69) is 49.6 Å². The lowest BCUT2D eigenvalue weighted by atomic mass is 9.70. The van der Waals surface area contributed by atoms with Crippen LogP contribution >= 0.6 is 11.6 Å². The molecule has 0 amide bonds. The van der Waals surface area contributed by atoms with E-state index in [0.29, 0.717) is 23.5 Å². The van der Waals surface area contributed by atoms with Crippen molar-refractivity contribution in [3.05, 3.63) is 28.8 Å². The molecule has 1 N–H and O–H groups in total. The number of halogens is 1. The van der Waals surface area contributed by atoms with Crippen LogP contribution in [-0.4, -0.2) is 61.5 Å². The average molecular weight is 435 g/mol. The highest BCUT2D eigenvalue weighted by Crippen LogP contribution is 2.66. The molecule has 4 atom stereocenters. The third kappa shape index (κ3) is 4.13. The lowest BCUT2D eigenvalue weighted by Crippen LogP contribution is -2.49. The van der Waals surface area contributed by atoms with E-state index in [1.807, 2.05) is 6.07 Å². The van der Waals surface area contributed by atoms with Gasteiger partial charge in [-0.15, -0.1) is 0 Å². The van der Waals surface area contributed by atoms with Gasteiger partial charge in [-0.3, -0.25) is 4.90 Å². The Morgan fingerprint density at radius 3 is 2.57 bits per heavy atom. The Balaban J connectivity index is 1.19. The molecule has 0 radical (unpaired) electrons. The molecule has 30 heavy (non-hydrogen) atoms. The van der Waals surface area contributed by atoms with Crippen molar-refractivity contribution >= 4 is 17.3 Å². The summed E-state index contributed by atoms with van der Waals surface area (Å²) in [4.78, 5) is 4.79. The van der Waals surface area contributed by atoms with Crippen LogP contribution < -0.4 is 4.90 Å². The second-order valence-corrected chi connectivity index (χ2v) is 11.1. The molecule has 0 unspecified atom stereocenters. The van der Waals surface area contributed by atoms with E-state index in [1.165, 1.54) is 30.5 Å². The zero-order valence-corrected chi connectivity index (χ0v) is 19.9. The standard InChI is InChI=1S/C25H39ClN2O2/c1-18-5-6-20(26)16-22(18)28-12-10-27(11-13-28)17-21(29)8-14-30-23-15-19-7-9-25(23,4)24(19,2)3/h5-6,16,19,21,23,29H,7-15,17H2,1-4H3/t19-,21-,23-,25-/m0/s1. The van der Waals surface area contributed by atoms with E-state index in [0.717, 1.165) is 50.1 Å². The topological polar surface area (TPSA) is 35.9 Å². The Morgan fingerprint density at radius 1 is 1.20 bits per heavy atom. The van der Waals surface area contributed by atoms with Crippen LogP contribution in [0.2, 0.25) is 5.02 Å². The molecule has 168 valence electrons. The number of rotatable bonds is 7. The van der Waals surface area contributed by atoms with Crippen molar-refractivity contribution in [2.75, 3.05) is 44.2 Å². The number of benzene rings is 1. The van der Waals surface area contributed by atoms with Crippen LogP contribution in [0.5, 0.6) is 0 Å². The van der Waals surface area contributed by atoms with Crippen molar-refractivity contribution in [2.45, 2.75) is 65.6 Å². The number of anilines is 1. The lowest BCUT2D eigenvalue weighted by Gasteiger charge is -2.39. The fourth-order valence-electron chi connectivity index (χ4n) is 6.21. The molecule has 1 aromatic rings. The Labute approximate surface area is 187 Å². The molecule has 0 spiro atoms. The lowest BCUT2D eigenvalue weighted by molar-refractivity contribution is -0.0564.